The van der Waals surface area contributed by atoms with E-state index in [-0.39, 0.29) is 12.1 Å². The van der Waals surface area contributed by atoms with E-state index in [1.807, 2.05) is 23.8 Å². The van der Waals surface area contributed by atoms with Crippen LogP contribution in [-0.4, -0.2) is 5.97 Å². The Bertz CT molecular complexity index is 241. The number of carbonyl (C=O) groups is 1. The zero-order chi connectivity index (χ0) is 8.97. The Labute approximate surface area is 76.2 Å². The maximum atomic E-state index is 10.7. The zero-order valence-corrected chi connectivity index (χ0v) is 8.06. The van der Waals surface area contributed by atoms with Gasteiger partial charge in [-0.2, -0.15) is 11.3 Å². The Balaban J connectivity index is 2.63. The van der Waals surface area contributed by atoms with Gasteiger partial charge in [-0.3, -0.25) is 4.79 Å². The summed E-state index contributed by atoms with van der Waals surface area (Å²) in [6, 6.07) is 1.99. The molecule has 1 heterocycles. The van der Waals surface area contributed by atoms with Crippen molar-refractivity contribution in [2.45, 2.75) is 26.4 Å². The van der Waals surface area contributed by atoms with Crippen LogP contribution in [0.25, 0.3) is 0 Å². The summed E-state index contributed by atoms with van der Waals surface area (Å²) in [6.45, 7) is 3.44. The average molecular weight is 184 g/mol. The number of hydrogen-bond acceptors (Lipinski definition) is 3. The Kier molecular flexibility index (Phi) is 3.29. The van der Waals surface area contributed by atoms with Gasteiger partial charge in [-0.05, 0) is 23.2 Å². The van der Waals surface area contributed by atoms with Crippen LogP contribution in [-0.2, 0) is 9.53 Å². The van der Waals surface area contributed by atoms with Gasteiger partial charge in [0.2, 0.25) is 0 Å². The molecule has 0 spiro atoms. The molecule has 1 rings (SSSR count). The number of carbonyl (C=O) groups excluding carboxylic acids is 1. The molecule has 12 heavy (non-hydrogen) atoms. The molecule has 0 saturated heterocycles. The first-order valence-corrected chi connectivity index (χ1v) is 4.87. The SMILES string of the molecule is CC[C@H](OC(C)=O)c1ccsc1. The summed E-state index contributed by atoms with van der Waals surface area (Å²) in [6.07, 6.45) is 0.768. The molecule has 0 aliphatic rings. The van der Waals surface area contributed by atoms with Crippen LogP contribution in [0.4, 0.5) is 0 Å². The molecule has 1 atom stereocenters. The highest BCUT2D eigenvalue weighted by molar-refractivity contribution is 7.07. The van der Waals surface area contributed by atoms with Crippen LogP contribution >= 0.6 is 11.3 Å². The van der Waals surface area contributed by atoms with Crippen LogP contribution in [0.2, 0.25) is 0 Å². The van der Waals surface area contributed by atoms with E-state index in [1.165, 1.54) is 6.92 Å². The second-order valence-electron chi connectivity index (χ2n) is 2.56. The van der Waals surface area contributed by atoms with Gasteiger partial charge in [0.1, 0.15) is 6.10 Å². The molecule has 66 valence electrons. The topological polar surface area (TPSA) is 26.3 Å². The zero-order valence-electron chi connectivity index (χ0n) is 7.24. The maximum Gasteiger partial charge on any atom is 0.303 e. The van der Waals surface area contributed by atoms with E-state index in [1.54, 1.807) is 11.3 Å². The fourth-order valence-electron chi connectivity index (χ4n) is 1.05. The van der Waals surface area contributed by atoms with E-state index >= 15 is 0 Å². The molecule has 3 heteroatoms. The first kappa shape index (κ1) is 9.26. The van der Waals surface area contributed by atoms with Crippen LogP contribution in [0.15, 0.2) is 16.8 Å². The highest BCUT2D eigenvalue weighted by Crippen LogP contribution is 2.22. The average Bonchev–Trinajstić information content (AvgIpc) is 2.51. The maximum absolute atomic E-state index is 10.7. The van der Waals surface area contributed by atoms with Crippen molar-refractivity contribution in [3.05, 3.63) is 22.4 Å². The van der Waals surface area contributed by atoms with Gasteiger partial charge in [0, 0.05) is 12.5 Å². The standard InChI is InChI=1S/C9H12O2S/c1-3-9(11-7(2)10)8-4-5-12-6-8/h4-6,9H,3H2,1-2H3/t9-/m0/s1. The van der Waals surface area contributed by atoms with Crippen molar-refractivity contribution >= 4 is 17.3 Å². The van der Waals surface area contributed by atoms with Crippen molar-refractivity contribution in [2.75, 3.05) is 0 Å². The second-order valence-corrected chi connectivity index (χ2v) is 3.34. The third kappa shape index (κ3) is 2.34. The molecule has 2 nitrogen and oxygen atoms in total. The molecule has 1 aromatic heterocycles. The van der Waals surface area contributed by atoms with Crippen molar-refractivity contribution in [3.63, 3.8) is 0 Å². The minimum atomic E-state index is -0.215. The first-order chi connectivity index (χ1) is 5.74. The largest absolute Gasteiger partial charge is 0.458 e. The quantitative estimate of drug-likeness (QED) is 0.675. The third-order valence-corrected chi connectivity index (χ3v) is 2.30. The van der Waals surface area contributed by atoms with Crippen LogP contribution in [0.1, 0.15) is 31.9 Å². The summed E-state index contributed by atoms with van der Waals surface area (Å²) in [5.74, 6) is -0.215. The Morgan fingerprint density at radius 1 is 1.75 bits per heavy atom. The highest BCUT2D eigenvalue weighted by Gasteiger charge is 2.11. The van der Waals surface area contributed by atoms with Gasteiger partial charge in [0.15, 0.2) is 0 Å². The van der Waals surface area contributed by atoms with Crippen LogP contribution in [0, 0.1) is 0 Å². The minimum absolute atomic E-state index is 0.0613. The normalized spacial score (nSPS) is 12.5. The molecule has 1 aromatic rings. The van der Waals surface area contributed by atoms with Crippen molar-refractivity contribution in [1.82, 2.24) is 0 Å². The van der Waals surface area contributed by atoms with E-state index in [9.17, 15) is 4.79 Å². The van der Waals surface area contributed by atoms with Crippen molar-refractivity contribution in [3.8, 4) is 0 Å². The van der Waals surface area contributed by atoms with Crippen LogP contribution in [0.5, 0.6) is 0 Å². The van der Waals surface area contributed by atoms with Gasteiger partial charge in [0.25, 0.3) is 0 Å². The Hall–Kier alpha value is -0.830. The van der Waals surface area contributed by atoms with Gasteiger partial charge in [-0.25, -0.2) is 0 Å². The lowest BCUT2D eigenvalue weighted by Crippen LogP contribution is -2.06. The molecule has 0 amide bonds. The number of esters is 1. The third-order valence-electron chi connectivity index (χ3n) is 1.59. The lowest BCUT2D eigenvalue weighted by Gasteiger charge is -2.12. The molecule has 0 aliphatic carbocycles. The molecule has 0 saturated carbocycles. The molecular weight excluding hydrogens is 172 g/mol. The monoisotopic (exact) mass is 184 g/mol. The summed E-state index contributed by atoms with van der Waals surface area (Å²) in [4.78, 5) is 10.7. The Morgan fingerprint density at radius 3 is 2.92 bits per heavy atom. The number of thiophene rings is 1. The van der Waals surface area contributed by atoms with Crippen LogP contribution in [0.3, 0.4) is 0 Å². The lowest BCUT2D eigenvalue weighted by atomic mass is 10.1. The van der Waals surface area contributed by atoms with E-state index in [0.717, 1.165) is 12.0 Å². The van der Waals surface area contributed by atoms with Gasteiger partial charge in [0.05, 0.1) is 0 Å². The minimum Gasteiger partial charge on any atom is -0.458 e. The fourth-order valence-corrected chi connectivity index (χ4v) is 1.75. The predicted molar refractivity (Wildman–Crippen MR) is 49.1 cm³/mol. The summed E-state index contributed by atoms with van der Waals surface area (Å²) < 4.78 is 5.11. The predicted octanol–water partition coefficient (Wildman–Crippen LogP) is 2.76. The smallest absolute Gasteiger partial charge is 0.303 e. The highest BCUT2D eigenvalue weighted by atomic mass is 32.1. The van der Waals surface area contributed by atoms with Gasteiger partial charge in [-0.15, -0.1) is 0 Å². The van der Waals surface area contributed by atoms with E-state index in [4.69, 9.17) is 4.74 Å². The van der Waals surface area contributed by atoms with E-state index in [0.29, 0.717) is 0 Å². The molecular formula is C9H12O2S. The molecule has 0 radical (unpaired) electrons. The fraction of sp³-hybridized carbons (Fsp3) is 0.444. The lowest BCUT2D eigenvalue weighted by molar-refractivity contribution is -0.146. The molecule has 0 aromatic carbocycles. The molecule has 0 unspecified atom stereocenters. The van der Waals surface area contributed by atoms with Crippen LogP contribution < -0.4 is 0 Å². The van der Waals surface area contributed by atoms with Crippen molar-refractivity contribution in [1.29, 1.82) is 0 Å². The summed E-state index contributed by atoms with van der Waals surface area (Å²) in [5, 5.41) is 4.00. The summed E-state index contributed by atoms with van der Waals surface area (Å²) in [7, 11) is 0. The number of rotatable bonds is 3. The summed E-state index contributed by atoms with van der Waals surface area (Å²) in [5.41, 5.74) is 1.10. The van der Waals surface area contributed by atoms with E-state index in [2.05, 4.69) is 0 Å². The van der Waals surface area contributed by atoms with Crippen molar-refractivity contribution in [2.24, 2.45) is 0 Å². The molecule has 0 bridgehead atoms. The van der Waals surface area contributed by atoms with E-state index < -0.39 is 0 Å². The Morgan fingerprint density at radius 2 is 2.50 bits per heavy atom. The number of hydrogen-bond donors (Lipinski definition) is 0. The van der Waals surface area contributed by atoms with Gasteiger partial charge in [-0.1, -0.05) is 6.92 Å². The number of ether oxygens (including phenoxy) is 1. The molecule has 0 aliphatic heterocycles. The molecule has 0 fully saturated rings. The van der Waals surface area contributed by atoms with Crippen molar-refractivity contribution < 1.29 is 9.53 Å². The molecule has 0 N–H and O–H groups in total. The first-order valence-electron chi connectivity index (χ1n) is 3.93. The summed E-state index contributed by atoms with van der Waals surface area (Å²) >= 11 is 1.62. The second kappa shape index (κ2) is 4.26. The van der Waals surface area contributed by atoms with Gasteiger partial charge >= 0.3 is 5.97 Å². The van der Waals surface area contributed by atoms with Gasteiger partial charge < -0.3 is 4.74 Å².